The third kappa shape index (κ3) is 4.77. The van der Waals surface area contributed by atoms with Gasteiger partial charge in [0.25, 0.3) is 0 Å². The smallest absolute Gasteiger partial charge is 0.105 e. The molecule has 1 aliphatic heterocycles. The molecule has 0 radical (unpaired) electrons. The van der Waals surface area contributed by atoms with Crippen LogP contribution in [-0.4, -0.2) is 36.2 Å². The Morgan fingerprint density at radius 1 is 1.27 bits per heavy atom. The second kappa shape index (κ2) is 7.21. The number of unbranched alkanes of at least 4 members (excludes halogenated alkanes) is 2. The highest BCUT2D eigenvalue weighted by molar-refractivity contribution is 4.90. The Labute approximate surface area is 93.0 Å². The molecular weight excluding hydrogens is 188 g/mol. The lowest BCUT2D eigenvalue weighted by Crippen LogP contribution is -2.28. The zero-order valence-electron chi connectivity index (χ0n) is 9.69. The van der Waals surface area contributed by atoms with Gasteiger partial charge in [-0.3, -0.25) is 0 Å². The molecule has 3 heteroatoms. The first-order chi connectivity index (χ1) is 7.36. The van der Waals surface area contributed by atoms with Gasteiger partial charge in [0.05, 0.1) is 19.5 Å². The van der Waals surface area contributed by atoms with Crippen LogP contribution in [0.4, 0.5) is 0 Å². The van der Waals surface area contributed by atoms with Crippen LogP contribution in [0, 0.1) is 0 Å². The van der Waals surface area contributed by atoms with Crippen molar-refractivity contribution in [1.29, 1.82) is 0 Å². The molecule has 0 aromatic heterocycles. The fraction of sp³-hybridized carbons (Fsp3) is 0.667. The van der Waals surface area contributed by atoms with E-state index >= 15 is 0 Å². The quantitative estimate of drug-likeness (QED) is 0.452. The molecule has 3 nitrogen and oxygen atoms in total. The van der Waals surface area contributed by atoms with Crippen LogP contribution in [0.5, 0.6) is 0 Å². The maximum Gasteiger partial charge on any atom is 0.105 e. The van der Waals surface area contributed by atoms with Crippen molar-refractivity contribution >= 4 is 0 Å². The van der Waals surface area contributed by atoms with Crippen molar-refractivity contribution in [3.63, 3.8) is 0 Å². The Balaban J connectivity index is 2.05. The second-order valence-corrected chi connectivity index (χ2v) is 3.81. The molecule has 0 unspecified atom stereocenters. The van der Waals surface area contributed by atoms with E-state index in [1.165, 1.54) is 32.1 Å². The minimum Gasteiger partial charge on any atom is -0.500 e. The molecule has 0 saturated carbocycles. The summed E-state index contributed by atoms with van der Waals surface area (Å²) in [6.45, 7) is 9.59. The Hall–Kier alpha value is -1.12. The van der Waals surface area contributed by atoms with Gasteiger partial charge in [0.2, 0.25) is 0 Å². The van der Waals surface area contributed by atoms with Crippen LogP contribution in [-0.2, 0) is 4.74 Å². The van der Waals surface area contributed by atoms with E-state index in [2.05, 4.69) is 35.7 Å². The van der Waals surface area contributed by atoms with Crippen molar-refractivity contribution in [3.8, 4) is 0 Å². The summed E-state index contributed by atoms with van der Waals surface area (Å²) in [7, 11) is 0. The van der Waals surface area contributed by atoms with Crippen LogP contribution in [0.15, 0.2) is 25.2 Å². The van der Waals surface area contributed by atoms with Gasteiger partial charge >= 0.3 is 0 Å². The van der Waals surface area contributed by atoms with E-state index in [1.54, 1.807) is 0 Å². The maximum absolute atomic E-state index is 5.10. The Morgan fingerprint density at radius 3 is 2.67 bits per heavy atom. The van der Waals surface area contributed by atoms with Gasteiger partial charge in [-0.15, -0.1) is 0 Å². The Bertz CT molecular complexity index is 204. The van der Waals surface area contributed by atoms with E-state index in [9.17, 15) is 0 Å². The third-order valence-corrected chi connectivity index (χ3v) is 2.51. The molecule has 15 heavy (non-hydrogen) atoms. The van der Waals surface area contributed by atoms with E-state index < -0.39 is 0 Å². The average molecular weight is 210 g/mol. The van der Waals surface area contributed by atoms with Crippen molar-refractivity contribution < 1.29 is 4.74 Å². The fourth-order valence-electron chi connectivity index (χ4n) is 1.62. The van der Waals surface area contributed by atoms with Crippen molar-refractivity contribution in [1.82, 2.24) is 9.80 Å². The van der Waals surface area contributed by atoms with E-state index in [1.807, 2.05) is 0 Å². The highest BCUT2D eigenvalue weighted by Gasteiger charge is 2.10. The molecule has 0 saturated heterocycles. The van der Waals surface area contributed by atoms with Crippen molar-refractivity contribution in [2.75, 3.05) is 26.4 Å². The molecule has 0 bridgehead atoms. The lowest BCUT2D eigenvalue weighted by molar-refractivity contribution is 0.187. The van der Waals surface area contributed by atoms with E-state index in [-0.39, 0.29) is 0 Å². The third-order valence-electron chi connectivity index (χ3n) is 2.51. The zero-order chi connectivity index (χ0) is 10.9. The van der Waals surface area contributed by atoms with Crippen LogP contribution < -0.4 is 0 Å². The first-order valence-electron chi connectivity index (χ1n) is 5.75. The number of ether oxygens (including phenoxy) is 1. The first kappa shape index (κ1) is 12.0. The van der Waals surface area contributed by atoms with Crippen LogP contribution >= 0.6 is 0 Å². The first-order valence-corrected chi connectivity index (χ1v) is 5.75. The predicted octanol–water partition coefficient (Wildman–Crippen LogP) is 2.38. The summed E-state index contributed by atoms with van der Waals surface area (Å²) < 4.78 is 5.10. The largest absolute Gasteiger partial charge is 0.500 e. The van der Waals surface area contributed by atoms with Crippen molar-refractivity contribution in [2.24, 2.45) is 0 Å². The normalized spacial score (nSPS) is 14.7. The van der Waals surface area contributed by atoms with E-state index in [0.29, 0.717) is 0 Å². The molecule has 0 atom stereocenters. The van der Waals surface area contributed by atoms with Gasteiger partial charge in [0.15, 0.2) is 0 Å². The number of nitrogens with zero attached hydrogens (tertiary/aromatic N) is 2. The van der Waals surface area contributed by atoms with Gasteiger partial charge in [-0.05, 0) is 6.42 Å². The molecule has 0 fully saturated rings. The minimum absolute atomic E-state index is 0.719. The van der Waals surface area contributed by atoms with Gasteiger partial charge in [-0.2, -0.15) is 0 Å². The highest BCUT2D eigenvalue weighted by Crippen LogP contribution is 2.08. The number of rotatable bonds is 8. The van der Waals surface area contributed by atoms with Gasteiger partial charge in [0.1, 0.15) is 6.61 Å². The van der Waals surface area contributed by atoms with Gasteiger partial charge in [0, 0.05) is 18.9 Å². The summed E-state index contributed by atoms with van der Waals surface area (Å²) in [5.41, 5.74) is 0. The molecule has 0 N–H and O–H groups in total. The van der Waals surface area contributed by atoms with Crippen LogP contribution in [0.3, 0.4) is 0 Å². The molecular formula is C12H22N2O. The summed E-state index contributed by atoms with van der Waals surface area (Å²) >= 11 is 0. The van der Waals surface area contributed by atoms with Crippen LogP contribution in [0.1, 0.15) is 26.2 Å². The molecule has 0 spiro atoms. The Morgan fingerprint density at radius 2 is 2.00 bits per heavy atom. The van der Waals surface area contributed by atoms with E-state index in [4.69, 9.17) is 4.74 Å². The zero-order valence-corrected chi connectivity index (χ0v) is 9.69. The summed E-state index contributed by atoms with van der Waals surface area (Å²) in [4.78, 5) is 4.61. The molecule has 0 aromatic carbocycles. The SMILES string of the molecule is C=COCCN1C=CN(CCCCC)C1. The van der Waals surface area contributed by atoms with Crippen LogP contribution in [0.2, 0.25) is 0 Å². The number of hydrogen-bond acceptors (Lipinski definition) is 3. The molecule has 0 amide bonds. The van der Waals surface area contributed by atoms with Gasteiger partial charge < -0.3 is 14.5 Å². The summed E-state index contributed by atoms with van der Waals surface area (Å²) in [6.07, 6.45) is 9.71. The number of hydrogen-bond donors (Lipinski definition) is 0. The summed E-state index contributed by atoms with van der Waals surface area (Å²) in [5.74, 6) is 0. The molecule has 1 rings (SSSR count). The fourth-order valence-corrected chi connectivity index (χ4v) is 1.62. The molecule has 86 valence electrons. The maximum atomic E-state index is 5.10. The second-order valence-electron chi connectivity index (χ2n) is 3.81. The Kier molecular flexibility index (Phi) is 5.74. The molecule has 1 aliphatic rings. The van der Waals surface area contributed by atoms with Gasteiger partial charge in [-0.25, -0.2) is 0 Å². The monoisotopic (exact) mass is 210 g/mol. The molecule has 1 heterocycles. The highest BCUT2D eigenvalue weighted by atomic mass is 16.5. The standard InChI is InChI=1S/C12H22N2O/c1-3-5-6-7-13-8-9-14(12-13)10-11-15-4-2/h4,8-9H,2-3,5-7,10-12H2,1H3. The topological polar surface area (TPSA) is 15.7 Å². The summed E-state index contributed by atoms with van der Waals surface area (Å²) in [6, 6.07) is 0. The molecule has 0 aliphatic carbocycles. The van der Waals surface area contributed by atoms with Gasteiger partial charge in [-0.1, -0.05) is 26.3 Å². The van der Waals surface area contributed by atoms with E-state index in [0.717, 1.165) is 19.8 Å². The predicted molar refractivity (Wildman–Crippen MR) is 63.1 cm³/mol. The molecule has 0 aromatic rings. The van der Waals surface area contributed by atoms with Crippen molar-refractivity contribution in [3.05, 3.63) is 25.2 Å². The average Bonchev–Trinajstić information content (AvgIpc) is 2.67. The van der Waals surface area contributed by atoms with Crippen LogP contribution in [0.25, 0.3) is 0 Å². The minimum atomic E-state index is 0.719. The lowest BCUT2D eigenvalue weighted by Gasteiger charge is -2.20. The lowest BCUT2D eigenvalue weighted by atomic mass is 10.2. The van der Waals surface area contributed by atoms with Crippen molar-refractivity contribution in [2.45, 2.75) is 26.2 Å². The summed E-state index contributed by atoms with van der Waals surface area (Å²) in [5, 5.41) is 0.